The fourth-order valence-corrected chi connectivity index (χ4v) is 3.69. The fraction of sp³-hybridized carbons (Fsp3) is 0.273. The van der Waals surface area contributed by atoms with E-state index in [1.165, 1.54) is 16.8 Å². The van der Waals surface area contributed by atoms with E-state index < -0.39 is 0 Å². The summed E-state index contributed by atoms with van der Waals surface area (Å²) in [7, 11) is 0. The topological polar surface area (TPSA) is 41.1 Å². The molecule has 26 heavy (non-hydrogen) atoms. The zero-order chi connectivity index (χ0) is 18.1. The van der Waals surface area contributed by atoms with E-state index in [2.05, 4.69) is 78.4 Å². The van der Waals surface area contributed by atoms with Gasteiger partial charge in [0.05, 0.1) is 0 Å². The van der Waals surface area contributed by atoms with Crippen molar-refractivity contribution < 1.29 is 0 Å². The van der Waals surface area contributed by atoms with Crippen LogP contribution in [0.15, 0.2) is 60.8 Å². The molecule has 1 atom stereocenters. The van der Waals surface area contributed by atoms with Crippen LogP contribution in [0.3, 0.4) is 0 Å². The monoisotopic (exact) mass is 344 g/mol. The highest BCUT2D eigenvalue weighted by Gasteiger charge is 2.27. The molecule has 1 aromatic heterocycles. The van der Waals surface area contributed by atoms with Gasteiger partial charge >= 0.3 is 0 Å². The smallest absolute Gasteiger partial charge is 0.229 e. The first-order valence-corrected chi connectivity index (χ1v) is 9.19. The third-order valence-corrected chi connectivity index (χ3v) is 4.92. The van der Waals surface area contributed by atoms with Crippen molar-refractivity contribution >= 4 is 23.1 Å². The lowest BCUT2D eigenvalue weighted by molar-refractivity contribution is 0.749. The molecule has 132 valence electrons. The molecule has 1 unspecified atom stereocenters. The van der Waals surface area contributed by atoms with Crippen molar-refractivity contribution in [3.05, 3.63) is 71.9 Å². The van der Waals surface area contributed by atoms with Crippen LogP contribution in [0, 0.1) is 0 Å². The number of nitrogens with zero attached hydrogens (tertiary/aromatic N) is 3. The zero-order valence-electron chi connectivity index (χ0n) is 15.5. The van der Waals surface area contributed by atoms with Crippen molar-refractivity contribution in [1.82, 2.24) is 9.97 Å². The molecule has 0 saturated carbocycles. The normalized spacial score (nSPS) is 16.0. The summed E-state index contributed by atoms with van der Waals surface area (Å²) in [6, 6.07) is 19.3. The highest BCUT2D eigenvalue weighted by molar-refractivity contribution is 5.70. The summed E-state index contributed by atoms with van der Waals surface area (Å²) in [5.41, 5.74) is 4.95. The lowest BCUT2D eigenvalue weighted by Gasteiger charge is -2.24. The van der Waals surface area contributed by atoms with E-state index in [1.54, 1.807) is 0 Å². The summed E-state index contributed by atoms with van der Waals surface area (Å²) >= 11 is 0. The molecule has 4 heteroatoms. The van der Waals surface area contributed by atoms with Crippen LogP contribution in [0.4, 0.5) is 23.1 Å². The predicted octanol–water partition coefficient (Wildman–Crippen LogP) is 5.43. The standard InChI is InChI=1S/C22H24N4/c1-15(2)18-9-5-6-10-19(18)24-22-23-13-12-21(25-22)26-16(3)14-17-8-4-7-11-20(17)26/h4-13,15-16H,14H2,1-3H3,(H,23,24,25). The van der Waals surface area contributed by atoms with E-state index in [9.17, 15) is 0 Å². The summed E-state index contributed by atoms with van der Waals surface area (Å²) in [4.78, 5) is 11.5. The van der Waals surface area contributed by atoms with Crippen LogP contribution in [-0.4, -0.2) is 16.0 Å². The van der Waals surface area contributed by atoms with Crippen molar-refractivity contribution in [2.75, 3.05) is 10.2 Å². The quantitative estimate of drug-likeness (QED) is 0.685. The van der Waals surface area contributed by atoms with Crippen LogP contribution in [0.25, 0.3) is 0 Å². The second kappa shape index (κ2) is 6.79. The van der Waals surface area contributed by atoms with Gasteiger partial charge in [0.25, 0.3) is 0 Å². The maximum Gasteiger partial charge on any atom is 0.229 e. The SMILES string of the molecule is CC(C)c1ccccc1Nc1nccc(N2c3ccccc3CC2C)n1. The highest BCUT2D eigenvalue weighted by Crippen LogP contribution is 2.37. The first kappa shape index (κ1) is 16.6. The first-order chi connectivity index (χ1) is 12.6. The van der Waals surface area contributed by atoms with Crippen LogP contribution in [-0.2, 0) is 6.42 Å². The van der Waals surface area contributed by atoms with Gasteiger partial charge in [0.2, 0.25) is 5.95 Å². The molecule has 4 nitrogen and oxygen atoms in total. The Balaban J connectivity index is 1.66. The predicted molar refractivity (Wildman–Crippen MR) is 108 cm³/mol. The molecule has 0 saturated heterocycles. The summed E-state index contributed by atoms with van der Waals surface area (Å²) in [5.74, 6) is 2.00. The summed E-state index contributed by atoms with van der Waals surface area (Å²) < 4.78 is 0. The Bertz CT molecular complexity index is 919. The molecule has 0 aliphatic carbocycles. The number of hydrogen-bond acceptors (Lipinski definition) is 4. The number of rotatable bonds is 4. The number of aromatic nitrogens is 2. The molecule has 2 aromatic carbocycles. The Kier molecular flexibility index (Phi) is 4.33. The van der Waals surface area contributed by atoms with Crippen LogP contribution in [0.2, 0.25) is 0 Å². The molecule has 2 heterocycles. The van der Waals surface area contributed by atoms with E-state index >= 15 is 0 Å². The number of para-hydroxylation sites is 2. The minimum absolute atomic E-state index is 0.387. The number of benzene rings is 2. The van der Waals surface area contributed by atoms with Gasteiger partial charge in [0, 0.05) is 23.6 Å². The number of anilines is 4. The summed E-state index contributed by atoms with van der Waals surface area (Å²) in [5, 5.41) is 3.41. The van der Waals surface area contributed by atoms with E-state index in [-0.39, 0.29) is 0 Å². The van der Waals surface area contributed by atoms with Gasteiger partial charge < -0.3 is 10.2 Å². The maximum absolute atomic E-state index is 4.80. The largest absolute Gasteiger partial charge is 0.324 e. The van der Waals surface area contributed by atoms with Gasteiger partial charge in [-0.3, -0.25) is 0 Å². The van der Waals surface area contributed by atoms with Gasteiger partial charge in [-0.15, -0.1) is 0 Å². The van der Waals surface area contributed by atoms with Gasteiger partial charge in [-0.25, -0.2) is 4.98 Å². The van der Waals surface area contributed by atoms with Crippen molar-refractivity contribution in [3.8, 4) is 0 Å². The van der Waals surface area contributed by atoms with Gasteiger partial charge in [-0.2, -0.15) is 4.98 Å². The van der Waals surface area contributed by atoms with Crippen molar-refractivity contribution in [2.45, 2.75) is 39.2 Å². The number of fused-ring (bicyclic) bond motifs is 1. The van der Waals surface area contributed by atoms with E-state index in [0.29, 0.717) is 17.9 Å². The highest BCUT2D eigenvalue weighted by atomic mass is 15.3. The fourth-order valence-electron chi connectivity index (χ4n) is 3.69. The molecule has 3 aromatic rings. The lowest BCUT2D eigenvalue weighted by Crippen LogP contribution is -2.25. The zero-order valence-corrected chi connectivity index (χ0v) is 15.5. The second-order valence-electron chi connectivity index (χ2n) is 7.16. The Morgan fingerprint density at radius 3 is 2.65 bits per heavy atom. The van der Waals surface area contributed by atoms with Crippen LogP contribution in [0.1, 0.15) is 37.8 Å². The summed E-state index contributed by atoms with van der Waals surface area (Å²) in [6.07, 6.45) is 2.87. The minimum Gasteiger partial charge on any atom is -0.324 e. The first-order valence-electron chi connectivity index (χ1n) is 9.19. The second-order valence-corrected chi connectivity index (χ2v) is 7.16. The Morgan fingerprint density at radius 1 is 1.04 bits per heavy atom. The van der Waals surface area contributed by atoms with Gasteiger partial charge in [0.1, 0.15) is 5.82 Å². The Hall–Kier alpha value is -2.88. The molecular weight excluding hydrogens is 320 g/mol. The third kappa shape index (κ3) is 3.03. The van der Waals surface area contributed by atoms with E-state index in [4.69, 9.17) is 4.98 Å². The molecule has 1 N–H and O–H groups in total. The molecule has 1 aliphatic rings. The average molecular weight is 344 g/mol. The van der Waals surface area contributed by atoms with Gasteiger partial charge in [0.15, 0.2) is 0 Å². The Labute approximate surface area is 154 Å². The molecule has 0 fully saturated rings. The molecule has 4 rings (SSSR count). The number of hydrogen-bond donors (Lipinski definition) is 1. The molecular formula is C22H24N4. The van der Waals surface area contributed by atoms with Crippen LogP contribution < -0.4 is 10.2 Å². The third-order valence-electron chi connectivity index (χ3n) is 4.92. The molecule has 0 amide bonds. The van der Waals surface area contributed by atoms with Gasteiger partial charge in [-0.1, -0.05) is 50.2 Å². The van der Waals surface area contributed by atoms with Crippen LogP contribution >= 0.6 is 0 Å². The van der Waals surface area contributed by atoms with Crippen molar-refractivity contribution in [2.24, 2.45) is 0 Å². The average Bonchev–Trinajstić information content (AvgIpc) is 2.98. The molecule has 0 radical (unpaired) electrons. The van der Waals surface area contributed by atoms with E-state index in [1.807, 2.05) is 18.3 Å². The Morgan fingerprint density at radius 2 is 1.81 bits per heavy atom. The molecule has 0 bridgehead atoms. The van der Waals surface area contributed by atoms with Crippen LogP contribution in [0.5, 0.6) is 0 Å². The molecule has 0 spiro atoms. The van der Waals surface area contributed by atoms with Crippen molar-refractivity contribution in [1.29, 1.82) is 0 Å². The van der Waals surface area contributed by atoms with E-state index in [0.717, 1.165) is 17.9 Å². The minimum atomic E-state index is 0.387. The van der Waals surface area contributed by atoms with Crippen molar-refractivity contribution in [3.63, 3.8) is 0 Å². The maximum atomic E-state index is 4.80. The number of nitrogens with one attached hydrogen (secondary N) is 1. The summed E-state index contributed by atoms with van der Waals surface area (Å²) in [6.45, 7) is 6.63. The lowest BCUT2D eigenvalue weighted by atomic mass is 10.0. The van der Waals surface area contributed by atoms with Gasteiger partial charge in [-0.05, 0) is 48.6 Å². The molecule has 1 aliphatic heterocycles.